The average molecular weight is 293 g/mol. The number of hydrogen-bond acceptors (Lipinski definition) is 3. The maximum atomic E-state index is 11.4. The fourth-order valence-corrected chi connectivity index (χ4v) is 1.27. The van der Waals surface area contributed by atoms with Crippen molar-refractivity contribution in [3.8, 4) is 5.75 Å². The lowest BCUT2D eigenvalue weighted by Crippen LogP contribution is -2.10. The molecule has 0 radical (unpaired) electrons. The zero-order valence-corrected chi connectivity index (χ0v) is 11.8. The third-order valence-electron chi connectivity index (χ3n) is 2.09. The van der Waals surface area contributed by atoms with E-state index in [1.54, 1.807) is 31.4 Å². The molecule has 0 aliphatic heterocycles. The van der Waals surface area contributed by atoms with Gasteiger partial charge in [0.05, 0.1) is 12.8 Å². The molecule has 1 aromatic carbocycles. The van der Waals surface area contributed by atoms with Gasteiger partial charge in [-0.25, -0.2) is 0 Å². The third-order valence-corrected chi connectivity index (χ3v) is 2.09. The van der Waals surface area contributed by atoms with Gasteiger partial charge in [0.15, 0.2) is 0 Å². The Bertz CT molecular complexity index is 398. The van der Waals surface area contributed by atoms with Crippen molar-refractivity contribution in [2.45, 2.75) is 12.8 Å². The van der Waals surface area contributed by atoms with Crippen molar-refractivity contribution in [3.05, 3.63) is 30.9 Å². The van der Waals surface area contributed by atoms with E-state index in [-0.39, 0.29) is 30.7 Å². The Morgan fingerprint density at radius 3 is 2.67 bits per heavy atom. The van der Waals surface area contributed by atoms with Crippen LogP contribution in [-0.2, 0) is 4.79 Å². The monoisotopic (exact) mass is 292 g/mol. The van der Waals surface area contributed by atoms with Gasteiger partial charge in [0.25, 0.3) is 0 Å². The molecule has 1 aromatic rings. The van der Waals surface area contributed by atoms with Crippen LogP contribution >= 0.6 is 24.8 Å². The minimum absolute atomic E-state index is 0. The number of ether oxygens (including phenoxy) is 1. The molecule has 0 spiro atoms. The smallest absolute Gasteiger partial charge is 0.224 e. The lowest BCUT2D eigenvalue weighted by Gasteiger charge is -2.08. The number of benzene rings is 1. The van der Waals surface area contributed by atoms with Crippen LogP contribution in [0.2, 0.25) is 0 Å². The summed E-state index contributed by atoms with van der Waals surface area (Å²) in [5.41, 5.74) is 6.89. The molecule has 0 unspecified atom stereocenters. The van der Waals surface area contributed by atoms with Crippen molar-refractivity contribution in [1.29, 1.82) is 0 Å². The van der Waals surface area contributed by atoms with Crippen LogP contribution in [0.3, 0.4) is 0 Å². The number of allylic oxidation sites excluding steroid dienone is 1. The number of methoxy groups -OCH3 is 1. The standard InChI is InChI=1S/C12H16N2O2.2ClH/c1-3-4-5-12(15)14-9-6-7-11(16-2)10(13)8-9;;/h3,6-8H,1,4-5,13H2,2H3,(H,14,15);2*1H. The van der Waals surface area contributed by atoms with E-state index >= 15 is 0 Å². The summed E-state index contributed by atoms with van der Waals surface area (Å²) in [4.78, 5) is 11.4. The Hall–Kier alpha value is -1.39. The third kappa shape index (κ3) is 5.80. The van der Waals surface area contributed by atoms with Gasteiger partial charge in [-0.1, -0.05) is 6.08 Å². The quantitative estimate of drug-likeness (QED) is 0.648. The van der Waals surface area contributed by atoms with Gasteiger partial charge in [0.1, 0.15) is 5.75 Å². The van der Waals surface area contributed by atoms with E-state index in [9.17, 15) is 4.79 Å². The summed E-state index contributed by atoms with van der Waals surface area (Å²) < 4.78 is 5.02. The Morgan fingerprint density at radius 2 is 2.17 bits per heavy atom. The first kappa shape index (κ1) is 19.0. The lowest BCUT2D eigenvalue weighted by atomic mass is 10.2. The molecule has 0 aliphatic rings. The van der Waals surface area contributed by atoms with Gasteiger partial charge in [-0.05, 0) is 24.6 Å². The minimum atomic E-state index is -0.0514. The summed E-state index contributed by atoms with van der Waals surface area (Å²) >= 11 is 0. The molecule has 6 heteroatoms. The maximum absolute atomic E-state index is 11.4. The summed E-state index contributed by atoms with van der Waals surface area (Å²) in [6, 6.07) is 5.14. The van der Waals surface area contributed by atoms with Crippen LogP contribution < -0.4 is 15.8 Å². The first-order valence-electron chi connectivity index (χ1n) is 5.01. The number of carbonyl (C=O) groups is 1. The number of nitrogens with one attached hydrogen (secondary N) is 1. The van der Waals surface area contributed by atoms with Gasteiger partial charge in [-0.15, -0.1) is 31.4 Å². The Labute approximate surface area is 119 Å². The zero-order valence-electron chi connectivity index (χ0n) is 10.1. The number of hydrogen-bond donors (Lipinski definition) is 2. The van der Waals surface area contributed by atoms with Crippen LogP contribution in [0.1, 0.15) is 12.8 Å². The molecule has 0 bridgehead atoms. The van der Waals surface area contributed by atoms with Gasteiger partial charge < -0.3 is 15.8 Å². The van der Waals surface area contributed by atoms with Crippen molar-refractivity contribution >= 4 is 42.1 Å². The van der Waals surface area contributed by atoms with E-state index < -0.39 is 0 Å². The number of rotatable bonds is 5. The Morgan fingerprint density at radius 1 is 1.50 bits per heavy atom. The fourth-order valence-electron chi connectivity index (χ4n) is 1.27. The van der Waals surface area contributed by atoms with Crippen LogP contribution in [0.15, 0.2) is 30.9 Å². The van der Waals surface area contributed by atoms with Crippen LogP contribution in [0.25, 0.3) is 0 Å². The normalized spacial score (nSPS) is 8.50. The second-order valence-electron chi connectivity index (χ2n) is 3.33. The summed E-state index contributed by atoms with van der Waals surface area (Å²) in [7, 11) is 1.55. The lowest BCUT2D eigenvalue weighted by molar-refractivity contribution is -0.116. The Kier molecular flexibility index (Phi) is 10.1. The summed E-state index contributed by atoms with van der Waals surface area (Å²) in [5.74, 6) is 0.550. The molecule has 0 fully saturated rings. The van der Waals surface area contributed by atoms with Crippen molar-refractivity contribution in [2.24, 2.45) is 0 Å². The molecule has 0 aliphatic carbocycles. The van der Waals surface area contributed by atoms with Crippen LogP contribution in [-0.4, -0.2) is 13.0 Å². The average Bonchev–Trinajstić information content (AvgIpc) is 2.26. The Balaban J connectivity index is 0. The molecule has 3 N–H and O–H groups in total. The van der Waals surface area contributed by atoms with Gasteiger partial charge in [0.2, 0.25) is 5.91 Å². The first-order valence-corrected chi connectivity index (χ1v) is 5.01. The molecule has 0 atom stereocenters. The van der Waals surface area contributed by atoms with Gasteiger partial charge >= 0.3 is 0 Å². The second-order valence-corrected chi connectivity index (χ2v) is 3.33. The highest BCUT2D eigenvalue weighted by Gasteiger charge is 2.04. The van der Waals surface area contributed by atoms with Crippen molar-refractivity contribution in [2.75, 3.05) is 18.2 Å². The number of amides is 1. The summed E-state index contributed by atoms with van der Waals surface area (Å²) in [6.45, 7) is 3.56. The van der Waals surface area contributed by atoms with Gasteiger partial charge in [-0.3, -0.25) is 4.79 Å². The molecule has 0 heterocycles. The zero-order chi connectivity index (χ0) is 12.0. The van der Waals surface area contributed by atoms with Crippen LogP contribution in [0, 0.1) is 0 Å². The fraction of sp³-hybridized carbons (Fsp3) is 0.250. The molecule has 18 heavy (non-hydrogen) atoms. The van der Waals surface area contributed by atoms with Gasteiger partial charge in [-0.2, -0.15) is 0 Å². The summed E-state index contributed by atoms with van der Waals surface area (Å²) in [5, 5.41) is 2.75. The molecular formula is C12H18Cl2N2O2. The molecule has 102 valence electrons. The summed E-state index contributed by atoms with van der Waals surface area (Å²) in [6.07, 6.45) is 2.80. The largest absolute Gasteiger partial charge is 0.495 e. The van der Waals surface area contributed by atoms with Crippen LogP contribution in [0.4, 0.5) is 11.4 Å². The second kappa shape index (κ2) is 9.62. The predicted molar refractivity (Wildman–Crippen MR) is 80.0 cm³/mol. The molecule has 4 nitrogen and oxygen atoms in total. The number of carbonyl (C=O) groups excluding carboxylic acids is 1. The van der Waals surface area contributed by atoms with E-state index in [1.165, 1.54) is 0 Å². The molecular weight excluding hydrogens is 275 g/mol. The van der Waals surface area contributed by atoms with E-state index in [1.807, 2.05) is 0 Å². The van der Waals surface area contributed by atoms with Gasteiger partial charge in [0, 0.05) is 12.1 Å². The van der Waals surface area contributed by atoms with Crippen LogP contribution in [0.5, 0.6) is 5.75 Å². The van der Waals surface area contributed by atoms with E-state index in [0.29, 0.717) is 30.0 Å². The maximum Gasteiger partial charge on any atom is 0.224 e. The number of nitrogens with two attached hydrogens (primary N) is 1. The van der Waals surface area contributed by atoms with Crippen molar-refractivity contribution in [3.63, 3.8) is 0 Å². The SMILES string of the molecule is C=CCCC(=O)Nc1ccc(OC)c(N)c1.Cl.Cl. The van der Waals surface area contributed by atoms with E-state index in [2.05, 4.69) is 11.9 Å². The van der Waals surface area contributed by atoms with Crippen molar-refractivity contribution in [1.82, 2.24) is 0 Å². The molecule has 1 rings (SSSR count). The molecule has 0 saturated heterocycles. The molecule has 1 amide bonds. The first-order chi connectivity index (χ1) is 7.67. The van der Waals surface area contributed by atoms with Crippen molar-refractivity contribution < 1.29 is 9.53 Å². The number of anilines is 2. The number of halogens is 2. The highest BCUT2D eigenvalue weighted by atomic mass is 35.5. The topological polar surface area (TPSA) is 64.3 Å². The highest BCUT2D eigenvalue weighted by molar-refractivity contribution is 5.91. The predicted octanol–water partition coefficient (Wildman–Crippen LogP) is 3.03. The van der Waals surface area contributed by atoms with E-state index in [0.717, 1.165) is 0 Å². The highest BCUT2D eigenvalue weighted by Crippen LogP contribution is 2.24. The molecule has 0 saturated carbocycles. The minimum Gasteiger partial charge on any atom is -0.495 e. The van der Waals surface area contributed by atoms with E-state index in [4.69, 9.17) is 10.5 Å². The number of nitrogen functional groups attached to an aromatic ring is 1. The molecule has 0 aromatic heterocycles.